The molecule has 1 atom stereocenters. The van der Waals surface area contributed by atoms with Crippen molar-refractivity contribution >= 4 is 11.8 Å². The smallest absolute Gasteiger partial charge is 0.330 e. The van der Waals surface area contributed by atoms with Gasteiger partial charge in [0.15, 0.2) is 11.9 Å². The van der Waals surface area contributed by atoms with Gasteiger partial charge in [-0.15, -0.1) is 0 Å². The summed E-state index contributed by atoms with van der Waals surface area (Å²) in [6.07, 6.45) is 0.210. The van der Waals surface area contributed by atoms with Crippen molar-refractivity contribution in [1.82, 2.24) is 0 Å². The van der Waals surface area contributed by atoms with E-state index in [9.17, 15) is 9.59 Å². The molecule has 0 rings (SSSR count). The largest absolute Gasteiger partial charge is 0.450 e. The summed E-state index contributed by atoms with van der Waals surface area (Å²) in [6, 6.07) is 0. The maximum Gasteiger partial charge on any atom is 0.330 e. The molecule has 0 spiro atoms. The number of ether oxygens (including phenoxy) is 1. The van der Waals surface area contributed by atoms with Gasteiger partial charge in [-0.25, -0.2) is 4.79 Å². The number of carbonyl (C=O) groups excluding carboxylic acids is 2. The first-order valence-corrected chi connectivity index (χ1v) is 4.83. The van der Waals surface area contributed by atoms with Gasteiger partial charge in [-0.2, -0.15) is 0 Å². The van der Waals surface area contributed by atoms with E-state index in [4.69, 9.17) is 20.1 Å². The minimum absolute atomic E-state index is 0.725. The summed E-state index contributed by atoms with van der Waals surface area (Å²) in [4.78, 5) is 22.6. The Labute approximate surface area is 98.8 Å². The summed E-state index contributed by atoms with van der Waals surface area (Å²) >= 11 is 0. The van der Waals surface area contributed by atoms with Crippen LogP contribution in [0.2, 0.25) is 0 Å². The molecule has 0 aliphatic heterocycles. The highest BCUT2D eigenvalue weighted by Gasteiger charge is 2.43. The highest BCUT2D eigenvalue weighted by Crippen LogP contribution is 2.24. The van der Waals surface area contributed by atoms with Gasteiger partial charge >= 0.3 is 5.97 Å². The van der Waals surface area contributed by atoms with E-state index in [0.29, 0.717) is 0 Å². The van der Waals surface area contributed by atoms with Crippen molar-refractivity contribution in [3.63, 3.8) is 0 Å². The zero-order valence-corrected chi connectivity index (χ0v) is 9.33. The molecule has 0 heterocycles. The molecule has 0 aromatic carbocycles. The summed E-state index contributed by atoms with van der Waals surface area (Å²) in [5, 5.41) is 27.5. The topological polar surface area (TPSA) is 104 Å². The molecular weight excluding hydrogens is 228 g/mol. The van der Waals surface area contributed by atoms with Gasteiger partial charge in [0, 0.05) is 6.08 Å². The third kappa shape index (κ3) is 3.48. The van der Waals surface area contributed by atoms with Crippen LogP contribution < -0.4 is 0 Å². The second kappa shape index (κ2) is 6.95. The predicted octanol–water partition coefficient (Wildman–Crippen LogP) is -1.20. The molecule has 0 saturated heterocycles. The van der Waals surface area contributed by atoms with Crippen LogP contribution in [0.15, 0.2) is 25.3 Å². The number of ketones is 1. The molecule has 0 fully saturated rings. The van der Waals surface area contributed by atoms with Crippen LogP contribution in [0, 0.1) is 5.41 Å². The third-order valence-electron chi connectivity index (χ3n) is 2.36. The van der Waals surface area contributed by atoms with Crippen molar-refractivity contribution in [1.29, 1.82) is 0 Å². The third-order valence-corrected chi connectivity index (χ3v) is 2.36. The van der Waals surface area contributed by atoms with Crippen molar-refractivity contribution in [2.75, 3.05) is 19.8 Å². The lowest BCUT2D eigenvalue weighted by molar-refractivity contribution is -0.166. The molecule has 0 radical (unpaired) electrons. The highest BCUT2D eigenvalue weighted by atomic mass is 16.5. The molecule has 17 heavy (non-hydrogen) atoms. The maximum absolute atomic E-state index is 11.5. The lowest BCUT2D eigenvalue weighted by Crippen LogP contribution is -2.50. The van der Waals surface area contributed by atoms with Crippen molar-refractivity contribution in [3.05, 3.63) is 25.3 Å². The first-order valence-electron chi connectivity index (χ1n) is 4.83. The van der Waals surface area contributed by atoms with Crippen LogP contribution in [0.1, 0.15) is 0 Å². The Morgan fingerprint density at radius 3 is 1.88 bits per heavy atom. The normalized spacial score (nSPS) is 12.6. The number of aliphatic hydroxyl groups excluding tert-OH is 3. The Hall–Kier alpha value is -1.50. The van der Waals surface area contributed by atoms with E-state index in [-0.39, 0.29) is 0 Å². The van der Waals surface area contributed by atoms with Crippen LogP contribution in [-0.4, -0.2) is 53.0 Å². The van der Waals surface area contributed by atoms with Crippen LogP contribution >= 0.6 is 0 Å². The molecule has 0 aliphatic rings. The Bertz CT molecular complexity index is 297. The highest BCUT2D eigenvalue weighted by molar-refractivity contribution is 5.96. The average molecular weight is 244 g/mol. The van der Waals surface area contributed by atoms with Crippen LogP contribution in [0.4, 0.5) is 0 Å². The van der Waals surface area contributed by atoms with Gasteiger partial charge < -0.3 is 20.1 Å². The number of carbonyl (C=O) groups is 2. The molecule has 6 nitrogen and oxygen atoms in total. The second-order valence-corrected chi connectivity index (χ2v) is 3.46. The van der Waals surface area contributed by atoms with Crippen molar-refractivity contribution in [3.8, 4) is 0 Å². The number of rotatable bonds is 8. The maximum atomic E-state index is 11.5. The summed E-state index contributed by atoms with van der Waals surface area (Å²) < 4.78 is 4.73. The van der Waals surface area contributed by atoms with E-state index in [0.717, 1.165) is 12.2 Å². The molecule has 96 valence electrons. The fourth-order valence-corrected chi connectivity index (χ4v) is 1.15. The number of esters is 1. The van der Waals surface area contributed by atoms with E-state index >= 15 is 0 Å². The Morgan fingerprint density at radius 2 is 1.59 bits per heavy atom. The summed E-state index contributed by atoms with van der Waals surface area (Å²) in [5.41, 5.74) is -1.65. The van der Waals surface area contributed by atoms with Gasteiger partial charge in [0.2, 0.25) is 0 Å². The molecule has 0 aromatic rings. The lowest BCUT2D eigenvalue weighted by Gasteiger charge is -2.33. The Morgan fingerprint density at radius 1 is 1.12 bits per heavy atom. The van der Waals surface area contributed by atoms with Gasteiger partial charge in [0.05, 0.1) is 25.2 Å². The molecule has 0 amide bonds. The SMILES string of the molecule is C=CC(=O)OC(C(=O)C=C)C(CO)(CO)CO. The number of hydrogen-bond acceptors (Lipinski definition) is 6. The van der Waals surface area contributed by atoms with Gasteiger partial charge in [-0.1, -0.05) is 13.2 Å². The molecule has 0 aliphatic carbocycles. The van der Waals surface area contributed by atoms with E-state index in [2.05, 4.69) is 13.2 Å². The van der Waals surface area contributed by atoms with E-state index in [1.807, 2.05) is 0 Å². The van der Waals surface area contributed by atoms with Crippen LogP contribution in [0.25, 0.3) is 0 Å². The van der Waals surface area contributed by atoms with Gasteiger partial charge in [0.25, 0.3) is 0 Å². The van der Waals surface area contributed by atoms with Gasteiger partial charge in [-0.3, -0.25) is 4.79 Å². The lowest BCUT2D eigenvalue weighted by atomic mass is 9.82. The van der Waals surface area contributed by atoms with Crippen molar-refractivity contribution in [2.24, 2.45) is 5.41 Å². The van der Waals surface area contributed by atoms with E-state index < -0.39 is 43.1 Å². The van der Waals surface area contributed by atoms with Crippen LogP contribution in [0.5, 0.6) is 0 Å². The Balaban J connectivity index is 5.26. The fraction of sp³-hybridized carbons (Fsp3) is 0.455. The van der Waals surface area contributed by atoms with Crippen molar-refractivity contribution in [2.45, 2.75) is 6.10 Å². The van der Waals surface area contributed by atoms with Crippen LogP contribution in [-0.2, 0) is 14.3 Å². The minimum Gasteiger partial charge on any atom is -0.450 e. The molecule has 0 bridgehead atoms. The van der Waals surface area contributed by atoms with Crippen LogP contribution in [0.3, 0.4) is 0 Å². The summed E-state index contributed by atoms with van der Waals surface area (Å²) in [7, 11) is 0. The predicted molar refractivity (Wildman–Crippen MR) is 59.0 cm³/mol. The molecule has 3 N–H and O–H groups in total. The quantitative estimate of drug-likeness (QED) is 0.366. The van der Waals surface area contributed by atoms with Crippen molar-refractivity contribution < 1.29 is 29.6 Å². The summed E-state index contributed by atoms with van der Waals surface area (Å²) in [5.74, 6) is -1.62. The zero-order chi connectivity index (χ0) is 13.5. The molecule has 0 saturated carbocycles. The van der Waals surface area contributed by atoms with E-state index in [1.165, 1.54) is 0 Å². The summed E-state index contributed by atoms with van der Waals surface area (Å²) in [6.45, 7) is 4.20. The van der Waals surface area contributed by atoms with Gasteiger partial charge in [0.1, 0.15) is 0 Å². The number of hydrogen-bond donors (Lipinski definition) is 3. The first kappa shape index (κ1) is 15.5. The Kier molecular flexibility index (Phi) is 6.34. The fourth-order valence-electron chi connectivity index (χ4n) is 1.15. The standard InChI is InChI=1S/C11H16O6/c1-3-8(15)10(17-9(16)4-2)11(5-12,6-13)7-14/h3-4,10,12-14H,1-2,5-7H2. The zero-order valence-electron chi connectivity index (χ0n) is 9.33. The molecule has 0 aromatic heterocycles. The minimum atomic E-state index is -1.65. The van der Waals surface area contributed by atoms with E-state index in [1.54, 1.807) is 0 Å². The molecular formula is C11H16O6. The first-order chi connectivity index (χ1) is 8.01. The van der Waals surface area contributed by atoms with Gasteiger partial charge in [-0.05, 0) is 6.08 Å². The molecule has 6 heteroatoms. The monoisotopic (exact) mass is 244 g/mol. The average Bonchev–Trinajstić information content (AvgIpc) is 2.38. The number of aliphatic hydroxyl groups is 3. The molecule has 1 unspecified atom stereocenters. The second-order valence-electron chi connectivity index (χ2n) is 3.46.